The van der Waals surface area contributed by atoms with E-state index in [1.807, 2.05) is 6.92 Å². The summed E-state index contributed by atoms with van der Waals surface area (Å²) >= 11 is 0. The van der Waals surface area contributed by atoms with Gasteiger partial charge < -0.3 is 43.0 Å². The van der Waals surface area contributed by atoms with Crippen molar-refractivity contribution >= 4 is 11.8 Å². The summed E-state index contributed by atoms with van der Waals surface area (Å²) < 4.78 is 42.7. The first-order valence-corrected chi connectivity index (χ1v) is 20.2. The molecule has 298 valence electrons. The van der Waals surface area contributed by atoms with E-state index in [0.717, 1.165) is 74.2 Å². The number of hydrogen-bond donors (Lipinski definition) is 1. The lowest BCUT2D eigenvalue weighted by molar-refractivity contribution is -0.231. The molecule has 2 unspecified atom stereocenters. The average Bonchev–Trinajstić information content (AvgIpc) is 3.86. The number of ether oxygens (including phenoxy) is 7. The molecule has 0 radical (unpaired) electrons. The second kappa shape index (κ2) is 17.7. The zero-order chi connectivity index (χ0) is 38.0. The lowest BCUT2D eigenvalue weighted by atomic mass is 9.67. The highest BCUT2D eigenvalue weighted by Crippen LogP contribution is 2.61. The van der Waals surface area contributed by atoms with Gasteiger partial charge in [-0.3, -0.25) is 9.59 Å². The Morgan fingerprint density at radius 3 is 2.47 bits per heavy atom. The van der Waals surface area contributed by atoms with Gasteiger partial charge in [-0.25, -0.2) is 4.98 Å². The van der Waals surface area contributed by atoms with E-state index in [9.17, 15) is 9.59 Å². The number of ketones is 1. The van der Waals surface area contributed by atoms with Gasteiger partial charge in [-0.1, -0.05) is 26.8 Å². The molecule has 3 aliphatic carbocycles. The number of allylic oxidation sites excluding steroid dienone is 2. The minimum absolute atomic E-state index is 0.0215. The minimum Gasteiger partial charge on any atom is -0.462 e. The van der Waals surface area contributed by atoms with E-state index < -0.39 is 12.2 Å². The highest BCUT2D eigenvalue weighted by atomic mass is 16.7. The molecule has 0 amide bonds. The number of H-pyrrole nitrogens is 1. The number of cyclic esters (lactones) is 1. The Labute approximate surface area is 316 Å². The molecule has 6 rings (SSSR count). The second-order valence-corrected chi connectivity index (χ2v) is 16.4. The maximum absolute atomic E-state index is 14.9. The fourth-order valence-corrected chi connectivity index (χ4v) is 10.2. The average molecular weight is 744 g/mol. The number of aromatic nitrogens is 2. The zero-order valence-corrected chi connectivity index (χ0v) is 33.5. The van der Waals surface area contributed by atoms with E-state index in [1.54, 1.807) is 21.3 Å². The van der Waals surface area contributed by atoms with Gasteiger partial charge in [0, 0.05) is 63.2 Å². The highest BCUT2D eigenvalue weighted by molar-refractivity contribution is 5.99. The third kappa shape index (κ3) is 8.49. The third-order valence-corrected chi connectivity index (χ3v) is 13.0. The van der Waals surface area contributed by atoms with Crippen LogP contribution in [0.15, 0.2) is 11.6 Å². The van der Waals surface area contributed by atoms with Crippen molar-refractivity contribution in [1.29, 1.82) is 0 Å². The number of likely N-dealkylation sites (N-methyl/N-ethyl adjacent to an activating group) is 1. The van der Waals surface area contributed by atoms with E-state index >= 15 is 0 Å². The Balaban J connectivity index is 1.32. The van der Waals surface area contributed by atoms with Crippen LogP contribution in [0.5, 0.6) is 0 Å². The van der Waals surface area contributed by atoms with Crippen LogP contribution in [0.3, 0.4) is 0 Å². The SMILES string of the molecule is CCc1nc2c([nH]1)[C@@H]1C[C@@H](OC(OC)[C@H](COC)OC)C[C@H]1[C@@H]1C=C3C(=O)[C@H](C)[C@@H](O[C@H]4CC[C@H](N(C)C)C(C)O4)CCC[C@H](CC)OC(=O)C[C@H]3[C@H]21. The van der Waals surface area contributed by atoms with E-state index in [4.69, 9.17) is 38.1 Å². The van der Waals surface area contributed by atoms with Crippen molar-refractivity contribution in [3.63, 3.8) is 0 Å². The van der Waals surface area contributed by atoms with Gasteiger partial charge >= 0.3 is 5.97 Å². The summed E-state index contributed by atoms with van der Waals surface area (Å²) in [7, 11) is 9.08. The number of aromatic amines is 1. The monoisotopic (exact) mass is 743 g/mol. The van der Waals surface area contributed by atoms with Gasteiger partial charge in [0.15, 0.2) is 18.4 Å². The topological polar surface area (TPSA) is 131 Å². The van der Waals surface area contributed by atoms with Crippen LogP contribution in [0, 0.1) is 23.7 Å². The van der Waals surface area contributed by atoms with Crippen LogP contribution >= 0.6 is 0 Å². The molecule has 1 N–H and O–H groups in total. The summed E-state index contributed by atoms with van der Waals surface area (Å²) in [4.78, 5) is 39.8. The predicted octanol–water partition coefficient (Wildman–Crippen LogP) is 5.70. The Kier molecular flexibility index (Phi) is 13.5. The summed E-state index contributed by atoms with van der Waals surface area (Å²) in [6, 6.07) is 0.328. The van der Waals surface area contributed by atoms with Crippen LogP contribution in [-0.2, 0) is 49.2 Å². The summed E-state index contributed by atoms with van der Waals surface area (Å²) in [5.74, 6) is 0.258. The highest BCUT2D eigenvalue weighted by Gasteiger charge is 2.56. The van der Waals surface area contributed by atoms with Crippen molar-refractivity contribution in [2.45, 2.75) is 153 Å². The van der Waals surface area contributed by atoms with Crippen LogP contribution in [0.1, 0.15) is 115 Å². The molecule has 53 heavy (non-hydrogen) atoms. The van der Waals surface area contributed by atoms with Crippen molar-refractivity contribution in [3.8, 4) is 0 Å². The molecule has 2 aliphatic heterocycles. The van der Waals surface area contributed by atoms with Gasteiger partial charge in [0.2, 0.25) is 0 Å². The van der Waals surface area contributed by atoms with Gasteiger partial charge in [-0.15, -0.1) is 0 Å². The molecule has 1 aromatic rings. The maximum atomic E-state index is 14.9. The largest absolute Gasteiger partial charge is 0.462 e. The van der Waals surface area contributed by atoms with Crippen LogP contribution in [0.25, 0.3) is 0 Å². The summed E-state index contributed by atoms with van der Waals surface area (Å²) in [6.45, 7) is 8.64. The van der Waals surface area contributed by atoms with Crippen molar-refractivity contribution in [3.05, 3.63) is 28.9 Å². The molecule has 0 aromatic carbocycles. The molecule has 3 fully saturated rings. The number of imidazole rings is 1. The molecule has 1 aromatic heterocycles. The number of carbonyl (C=O) groups is 2. The Morgan fingerprint density at radius 1 is 1.02 bits per heavy atom. The third-order valence-electron chi connectivity index (χ3n) is 13.0. The lowest BCUT2D eigenvalue weighted by Crippen LogP contribution is -2.47. The van der Waals surface area contributed by atoms with Gasteiger partial charge in [0.1, 0.15) is 18.0 Å². The van der Waals surface area contributed by atoms with Crippen molar-refractivity contribution in [1.82, 2.24) is 14.9 Å². The molecule has 5 aliphatic rings. The molecule has 0 bridgehead atoms. The first-order valence-electron chi connectivity index (χ1n) is 20.2. The number of aryl methyl sites for hydroxylation is 1. The molecule has 12 heteroatoms. The van der Waals surface area contributed by atoms with E-state index in [-0.39, 0.29) is 84.6 Å². The number of nitrogens with one attached hydrogen (secondary N) is 1. The van der Waals surface area contributed by atoms with Gasteiger partial charge in [0.05, 0.1) is 37.0 Å². The van der Waals surface area contributed by atoms with Crippen molar-refractivity contribution in [2.75, 3.05) is 42.0 Å². The number of esters is 1. The predicted molar refractivity (Wildman–Crippen MR) is 198 cm³/mol. The molecule has 14 atom stereocenters. The van der Waals surface area contributed by atoms with Gasteiger partial charge in [0.25, 0.3) is 0 Å². The Hall–Kier alpha value is -2.19. The number of rotatable bonds is 12. The van der Waals surface area contributed by atoms with Crippen molar-refractivity contribution < 1.29 is 42.7 Å². The second-order valence-electron chi connectivity index (χ2n) is 16.4. The lowest BCUT2D eigenvalue weighted by Gasteiger charge is -2.40. The molecular weight excluding hydrogens is 678 g/mol. The molecule has 3 heterocycles. The normalized spacial score (nSPS) is 37.4. The van der Waals surface area contributed by atoms with Gasteiger partial charge in [-0.2, -0.15) is 0 Å². The van der Waals surface area contributed by atoms with Crippen LogP contribution in [-0.4, -0.2) is 118 Å². The van der Waals surface area contributed by atoms with E-state index in [2.05, 4.69) is 50.8 Å². The molecule has 1 saturated carbocycles. The van der Waals surface area contributed by atoms with Gasteiger partial charge in [-0.05, 0) is 89.8 Å². The minimum atomic E-state index is -0.587. The molecular formula is C41H65N3O9. The summed E-state index contributed by atoms with van der Waals surface area (Å²) in [5, 5.41) is 0. The van der Waals surface area contributed by atoms with E-state index in [1.165, 1.54) is 0 Å². The number of fused-ring (bicyclic) bond motifs is 8. The fourth-order valence-electron chi connectivity index (χ4n) is 10.2. The van der Waals surface area contributed by atoms with Crippen molar-refractivity contribution in [2.24, 2.45) is 23.7 Å². The Morgan fingerprint density at radius 2 is 1.81 bits per heavy atom. The number of Topliss-reactive ketones (excluding diaryl/α,β-unsaturated/α-hetero) is 1. The quantitative estimate of drug-likeness (QED) is 0.209. The Bertz CT molecular complexity index is 1430. The van der Waals surface area contributed by atoms with Crippen LogP contribution in [0.4, 0.5) is 0 Å². The summed E-state index contributed by atoms with van der Waals surface area (Å²) in [6.07, 6.45) is 7.52. The summed E-state index contributed by atoms with van der Waals surface area (Å²) in [5.41, 5.74) is 2.83. The number of carbonyl (C=O) groups excluding carboxylic acids is 2. The molecule has 12 nitrogen and oxygen atoms in total. The smallest absolute Gasteiger partial charge is 0.306 e. The first kappa shape index (κ1) is 40.5. The molecule has 0 spiro atoms. The number of methoxy groups -OCH3 is 3. The van der Waals surface area contributed by atoms with E-state index in [0.29, 0.717) is 19.1 Å². The zero-order valence-electron chi connectivity index (χ0n) is 33.5. The van der Waals surface area contributed by atoms with Crippen LogP contribution < -0.4 is 0 Å². The molecule has 2 saturated heterocycles. The maximum Gasteiger partial charge on any atom is 0.306 e. The number of hydrogen-bond acceptors (Lipinski definition) is 11. The standard InChI is InChI=1S/C41H65N3O9/c1-10-24-13-12-14-32(53-36-16-15-31(44(5)6)23(4)50-36)22(3)40(46)30-19-27-26-17-25(52-41(49-9)33(48-8)21-47-7)18-29(26)38-39(43-34(11-2)42-38)37(27)28(30)20-35(45)51-24/h19,22-29,31-33,36-37,41H,10-18,20-21H2,1-9H3,(H,42,43)/t22-,23?,24+,25+,26+,27+,28-,29-,31+,32+,33+,36+,37-,41?/m1/s1. The number of nitrogens with zero attached hydrogens (tertiary/aromatic N) is 2. The first-order chi connectivity index (χ1) is 25.5. The fraction of sp³-hybridized carbons (Fsp3) is 0.829. The van der Waals surface area contributed by atoms with Crippen LogP contribution in [0.2, 0.25) is 0 Å².